The van der Waals surface area contributed by atoms with Crippen LogP contribution >= 0.6 is 11.6 Å². The van der Waals surface area contributed by atoms with Gasteiger partial charge in [0.15, 0.2) is 0 Å². The van der Waals surface area contributed by atoms with Gasteiger partial charge in [0.25, 0.3) is 0 Å². The third-order valence-corrected chi connectivity index (χ3v) is 4.97. The Morgan fingerprint density at radius 3 is 2.33 bits per heavy atom. The van der Waals surface area contributed by atoms with Crippen molar-refractivity contribution in [2.24, 2.45) is 0 Å². The van der Waals surface area contributed by atoms with Crippen molar-refractivity contribution in [1.82, 2.24) is 4.90 Å². The zero-order valence-corrected chi connectivity index (χ0v) is 16.8. The Morgan fingerprint density at radius 2 is 1.74 bits per heavy atom. The van der Waals surface area contributed by atoms with E-state index in [0.717, 1.165) is 40.8 Å². The predicted molar refractivity (Wildman–Crippen MR) is 111 cm³/mol. The number of nitrogens with zero attached hydrogens (tertiary/aromatic N) is 2. The molecule has 1 saturated heterocycles. The summed E-state index contributed by atoms with van der Waals surface area (Å²) in [5.74, 6) is 0.799. The average Bonchev–Trinajstić information content (AvgIpc) is 2.65. The number of rotatable bonds is 4. The minimum absolute atomic E-state index is 0.0749. The number of carbonyl (C=O) groups excluding carboxylic acids is 1. The van der Waals surface area contributed by atoms with E-state index in [1.807, 2.05) is 62.1 Å². The molecule has 144 valence electrons. The zero-order valence-electron chi connectivity index (χ0n) is 16.0. The summed E-state index contributed by atoms with van der Waals surface area (Å²) in [4.78, 5) is 16.6. The van der Waals surface area contributed by atoms with Crippen molar-refractivity contribution in [3.8, 4) is 5.75 Å². The second-order valence-corrected chi connectivity index (χ2v) is 7.44. The molecule has 1 N–H and O–H groups in total. The van der Waals surface area contributed by atoms with Crippen LogP contribution in [0.5, 0.6) is 5.75 Å². The van der Waals surface area contributed by atoms with Gasteiger partial charge in [0.05, 0.1) is 6.10 Å². The number of carbonyl (C=O) groups is 1. The Hall–Kier alpha value is -2.40. The van der Waals surface area contributed by atoms with E-state index in [1.54, 1.807) is 0 Å². The van der Waals surface area contributed by atoms with Crippen LogP contribution in [0.4, 0.5) is 16.2 Å². The second-order valence-electron chi connectivity index (χ2n) is 7.03. The van der Waals surface area contributed by atoms with Crippen molar-refractivity contribution in [3.63, 3.8) is 0 Å². The SMILES string of the molecule is Cc1ccc(N2CCN(C(=O)Nc3ccc(OC(C)C)cc3)CC2)cc1Cl. The van der Waals surface area contributed by atoms with Gasteiger partial charge in [-0.2, -0.15) is 0 Å². The smallest absolute Gasteiger partial charge is 0.321 e. The highest BCUT2D eigenvalue weighted by Gasteiger charge is 2.21. The highest BCUT2D eigenvalue weighted by atomic mass is 35.5. The lowest BCUT2D eigenvalue weighted by molar-refractivity contribution is 0.208. The predicted octanol–water partition coefficient (Wildman–Crippen LogP) is 4.79. The van der Waals surface area contributed by atoms with Gasteiger partial charge >= 0.3 is 6.03 Å². The number of ether oxygens (including phenoxy) is 1. The van der Waals surface area contributed by atoms with Crippen molar-refractivity contribution >= 4 is 29.0 Å². The fourth-order valence-electron chi connectivity index (χ4n) is 3.04. The van der Waals surface area contributed by atoms with E-state index < -0.39 is 0 Å². The average molecular weight is 388 g/mol. The van der Waals surface area contributed by atoms with E-state index in [0.29, 0.717) is 13.1 Å². The lowest BCUT2D eigenvalue weighted by Crippen LogP contribution is -2.50. The molecule has 1 aliphatic heterocycles. The van der Waals surface area contributed by atoms with E-state index >= 15 is 0 Å². The highest BCUT2D eigenvalue weighted by molar-refractivity contribution is 6.31. The number of halogens is 1. The first kappa shape index (κ1) is 19.4. The molecule has 0 spiro atoms. The van der Waals surface area contributed by atoms with Gasteiger partial charge in [-0.25, -0.2) is 4.79 Å². The number of piperazine rings is 1. The summed E-state index contributed by atoms with van der Waals surface area (Å²) >= 11 is 6.23. The maximum absolute atomic E-state index is 12.5. The molecule has 0 bridgehead atoms. The Bertz CT molecular complexity index is 785. The highest BCUT2D eigenvalue weighted by Crippen LogP contribution is 2.24. The lowest BCUT2D eigenvalue weighted by atomic mass is 10.2. The second kappa shape index (κ2) is 8.53. The Balaban J connectivity index is 1.53. The van der Waals surface area contributed by atoms with Gasteiger partial charge in [-0.15, -0.1) is 0 Å². The molecule has 0 aliphatic carbocycles. The fraction of sp³-hybridized carbons (Fsp3) is 0.381. The maximum Gasteiger partial charge on any atom is 0.321 e. The van der Waals surface area contributed by atoms with Crippen LogP contribution in [0.3, 0.4) is 0 Å². The third kappa shape index (κ3) is 5.07. The molecule has 6 heteroatoms. The topological polar surface area (TPSA) is 44.8 Å². The van der Waals surface area contributed by atoms with E-state index in [4.69, 9.17) is 16.3 Å². The zero-order chi connectivity index (χ0) is 19.4. The van der Waals surface area contributed by atoms with Crippen molar-refractivity contribution in [3.05, 3.63) is 53.1 Å². The standard InChI is InChI=1S/C21H26ClN3O2/c1-15(2)27-19-8-5-17(6-9-19)23-21(26)25-12-10-24(11-13-25)18-7-4-16(3)20(22)14-18/h4-9,14-15H,10-13H2,1-3H3,(H,23,26). The molecule has 2 aromatic carbocycles. The summed E-state index contributed by atoms with van der Waals surface area (Å²) in [5, 5.41) is 3.73. The van der Waals surface area contributed by atoms with Crippen LogP contribution in [0.2, 0.25) is 5.02 Å². The summed E-state index contributed by atoms with van der Waals surface area (Å²) < 4.78 is 5.62. The maximum atomic E-state index is 12.5. The van der Waals surface area contributed by atoms with Crippen molar-refractivity contribution in [2.45, 2.75) is 26.9 Å². The van der Waals surface area contributed by atoms with Crippen LogP contribution in [0, 0.1) is 6.92 Å². The molecule has 1 fully saturated rings. The first-order valence-corrected chi connectivity index (χ1v) is 9.64. The van der Waals surface area contributed by atoms with E-state index in [1.165, 1.54) is 0 Å². The molecule has 0 saturated carbocycles. The molecule has 0 aromatic heterocycles. The number of benzene rings is 2. The van der Waals surface area contributed by atoms with Gasteiger partial charge in [0, 0.05) is 42.6 Å². The molecule has 3 rings (SSSR count). The first-order valence-electron chi connectivity index (χ1n) is 9.26. The van der Waals surface area contributed by atoms with Crippen LogP contribution in [0.25, 0.3) is 0 Å². The summed E-state index contributed by atoms with van der Waals surface area (Å²) in [7, 11) is 0. The fourth-order valence-corrected chi connectivity index (χ4v) is 3.21. The summed E-state index contributed by atoms with van der Waals surface area (Å²) in [6.07, 6.45) is 0.130. The van der Waals surface area contributed by atoms with Crippen LogP contribution in [0.1, 0.15) is 19.4 Å². The van der Waals surface area contributed by atoms with E-state index in [9.17, 15) is 4.79 Å². The molecule has 2 amide bonds. The summed E-state index contributed by atoms with van der Waals surface area (Å²) in [5.41, 5.74) is 2.94. The van der Waals surface area contributed by atoms with Gasteiger partial charge in [-0.05, 0) is 62.7 Å². The summed E-state index contributed by atoms with van der Waals surface area (Å²) in [6, 6.07) is 13.5. The van der Waals surface area contributed by atoms with E-state index in [2.05, 4.69) is 16.3 Å². The largest absolute Gasteiger partial charge is 0.491 e. The van der Waals surface area contributed by atoms with E-state index in [-0.39, 0.29) is 12.1 Å². The lowest BCUT2D eigenvalue weighted by Gasteiger charge is -2.36. The summed E-state index contributed by atoms with van der Waals surface area (Å²) in [6.45, 7) is 8.88. The van der Waals surface area contributed by atoms with Gasteiger partial charge in [-0.3, -0.25) is 0 Å². The molecule has 1 heterocycles. The first-order chi connectivity index (χ1) is 12.9. The molecule has 2 aromatic rings. The minimum Gasteiger partial charge on any atom is -0.491 e. The van der Waals surface area contributed by atoms with Crippen molar-refractivity contribution in [2.75, 3.05) is 36.4 Å². The van der Waals surface area contributed by atoms with Gasteiger partial charge in [0.2, 0.25) is 0 Å². The number of anilines is 2. The number of aryl methyl sites for hydroxylation is 1. The number of nitrogens with one attached hydrogen (secondary N) is 1. The van der Waals surface area contributed by atoms with Crippen LogP contribution in [-0.4, -0.2) is 43.2 Å². The molecule has 27 heavy (non-hydrogen) atoms. The van der Waals surface area contributed by atoms with Crippen LogP contribution in [-0.2, 0) is 0 Å². The van der Waals surface area contributed by atoms with Gasteiger partial charge in [-0.1, -0.05) is 17.7 Å². The molecular formula is C21H26ClN3O2. The number of hydrogen-bond acceptors (Lipinski definition) is 3. The van der Waals surface area contributed by atoms with Crippen LogP contribution < -0.4 is 15.0 Å². The number of amides is 2. The Labute approximate surface area is 165 Å². The third-order valence-electron chi connectivity index (χ3n) is 4.56. The molecule has 0 atom stereocenters. The normalized spacial score (nSPS) is 14.4. The molecule has 1 aliphatic rings. The van der Waals surface area contributed by atoms with Gasteiger partial charge in [0.1, 0.15) is 5.75 Å². The number of urea groups is 1. The Kier molecular flexibility index (Phi) is 6.11. The monoisotopic (exact) mass is 387 g/mol. The Morgan fingerprint density at radius 1 is 1.07 bits per heavy atom. The minimum atomic E-state index is -0.0749. The van der Waals surface area contributed by atoms with Crippen molar-refractivity contribution < 1.29 is 9.53 Å². The quantitative estimate of drug-likeness (QED) is 0.820. The number of hydrogen-bond donors (Lipinski definition) is 1. The molecule has 0 radical (unpaired) electrons. The van der Waals surface area contributed by atoms with Crippen LogP contribution in [0.15, 0.2) is 42.5 Å². The van der Waals surface area contributed by atoms with Crippen molar-refractivity contribution in [1.29, 1.82) is 0 Å². The molecule has 5 nitrogen and oxygen atoms in total. The van der Waals surface area contributed by atoms with Gasteiger partial charge < -0.3 is 19.9 Å². The molecule has 0 unspecified atom stereocenters. The molecular weight excluding hydrogens is 362 g/mol.